The Bertz CT molecular complexity index is 1020. The van der Waals surface area contributed by atoms with Crippen LogP contribution in [-0.4, -0.2) is 44.8 Å². The number of halogens is 1. The van der Waals surface area contributed by atoms with E-state index in [1.807, 2.05) is 0 Å². The normalized spacial score (nSPS) is 15.5. The molecule has 1 aliphatic rings. The Morgan fingerprint density at radius 1 is 1.10 bits per heavy atom. The van der Waals surface area contributed by atoms with Crippen LogP contribution in [0.1, 0.15) is 28.8 Å². The zero-order chi connectivity index (χ0) is 21.7. The zero-order valence-electron chi connectivity index (χ0n) is 16.5. The van der Waals surface area contributed by atoms with E-state index < -0.39 is 16.0 Å². The maximum Gasteiger partial charge on any atom is 0.337 e. The topological polar surface area (TPSA) is 92.8 Å². The van der Waals surface area contributed by atoms with E-state index in [9.17, 15) is 18.0 Å². The van der Waals surface area contributed by atoms with E-state index in [1.165, 1.54) is 11.4 Å². The highest BCUT2D eigenvalue weighted by Gasteiger charge is 2.31. The second-order valence-electron chi connectivity index (χ2n) is 7.08. The molecule has 1 saturated heterocycles. The maximum atomic E-state index is 12.7. The van der Waals surface area contributed by atoms with Crippen LogP contribution in [0.15, 0.2) is 48.5 Å². The van der Waals surface area contributed by atoms with E-state index in [1.54, 1.807) is 48.5 Å². The van der Waals surface area contributed by atoms with Gasteiger partial charge in [-0.15, -0.1) is 0 Å². The van der Waals surface area contributed by atoms with Crippen LogP contribution >= 0.6 is 11.6 Å². The summed E-state index contributed by atoms with van der Waals surface area (Å²) in [6.07, 6.45) is 0.877. The molecule has 0 radical (unpaired) electrons. The first-order chi connectivity index (χ1) is 14.3. The van der Waals surface area contributed by atoms with Crippen molar-refractivity contribution in [3.05, 3.63) is 64.7 Å². The van der Waals surface area contributed by atoms with Gasteiger partial charge in [0.1, 0.15) is 0 Å². The average Bonchev–Trinajstić information content (AvgIpc) is 2.75. The average molecular weight is 451 g/mol. The van der Waals surface area contributed by atoms with Gasteiger partial charge in [-0.3, -0.25) is 4.79 Å². The van der Waals surface area contributed by atoms with Crippen molar-refractivity contribution < 1.29 is 22.7 Å². The number of methoxy groups -OCH3 is 1. The van der Waals surface area contributed by atoms with Crippen molar-refractivity contribution in [2.45, 2.75) is 18.6 Å². The molecule has 0 aromatic heterocycles. The summed E-state index contributed by atoms with van der Waals surface area (Å²) in [4.78, 5) is 24.0. The predicted octanol–water partition coefficient (Wildman–Crippen LogP) is 3.31. The molecule has 1 amide bonds. The number of carbonyl (C=O) groups excluding carboxylic acids is 2. The molecule has 0 atom stereocenters. The predicted molar refractivity (Wildman–Crippen MR) is 115 cm³/mol. The SMILES string of the molecule is COC(=O)c1ccc(NC(=O)C2CCN(S(=O)(=O)Cc3ccccc3Cl)CC2)cc1. The minimum Gasteiger partial charge on any atom is -0.465 e. The Balaban J connectivity index is 1.55. The largest absolute Gasteiger partial charge is 0.465 e. The number of esters is 1. The molecule has 30 heavy (non-hydrogen) atoms. The lowest BCUT2D eigenvalue weighted by Crippen LogP contribution is -2.41. The summed E-state index contributed by atoms with van der Waals surface area (Å²) in [5.74, 6) is -1.05. The van der Waals surface area contributed by atoms with Gasteiger partial charge in [0, 0.05) is 29.7 Å². The van der Waals surface area contributed by atoms with Gasteiger partial charge in [0.2, 0.25) is 15.9 Å². The fourth-order valence-corrected chi connectivity index (χ4v) is 5.23. The number of ether oxygens (including phenoxy) is 1. The number of benzene rings is 2. The molecule has 0 spiro atoms. The molecule has 0 unspecified atom stereocenters. The number of hydrogen-bond acceptors (Lipinski definition) is 5. The van der Waals surface area contributed by atoms with Gasteiger partial charge in [0.25, 0.3) is 0 Å². The molecule has 7 nitrogen and oxygen atoms in total. The first-order valence-corrected chi connectivity index (χ1v) is 11.5. The molecule has 0 aliphatic carbocycles. The highest BCUT2D eigenvalue weighted by molar-refractivity contribution is 7.88. The Labute approximate surface area is 181 Å². The highest BCUT2D eigenvalue weighted by atomic mass is 35.5. The summed E-state index contributed by atoms with van der Waals surface area (Å²) < 4.78 is 31.5. The number of nitrogens with zero attached hydrogens (tertiary/aromatic N) is 1. The van der Waals surface area contributed by atoms with Gasteiger partial charge >= 0.3 is 5.97 Å². The fourth-order valence-electron chi connectivity index (χ4n) is 3.35. The van der Waals surface area contributed by atoms with Crippen molar-refractivity contribution in [1.29, 1.82) is 0 Å². The summed E-state index contributed by atoms with van der Waals surface area (Å²) in [6.45, 7) is 0.568. The van der Waals surface area contributed by atoms with E-state index in [2.05, 4.69) is 10.1 Å². The molecule has 1 heterocycles. The molecule has 2 aromatic carbocycles. The van der Waals surface area contributed by atoms with Crippen molar-refractivity contribution in [3.8, 4) is 0 Å². The molecule has 2 aromatic rings. The lowest BCUT2D eigenvalue weighted by Gasteiger charge is -2.30. The van der Waals surface area contributed by atoms with Crippen LogP contribution < -0.4 is 5.32 Å². The number of piperidine rings is 1. The smallest absolute Gasteiger partial charge is 0.337 e. The Hall–Kier alpha value is -2.42. The number of sulfonamides is 1. The van der Waals surface area contributed by atoms with Gasteiger partial charge in [0.05, 0.1) is 18.4 Å². The number of carbonyl (C=O) groups is 2. The third-order valence-electron chi connectivity index (χ3n) is 5.09. The van der Waals surface area contributed by atoms with E-state index in [-0.39, 0.29) is 30.7 Å². The highest BCUT2D eigenvalue weighted by Crippen LogP contribution is 2.25. The summed E-state index contributed by atoms with van der Waals surface area (Å²) in [5, 5.41) is 3.24. The Morgan fingerprint density at radius 3 is 2.33 bits per heavy atom. The van der Waals surface area contributed by atoms with Gasteiger partial charge in [-0.2, -0.15) is 0 Å². The van der Waals surface area contributed by atoms with Crippen molar-refractivity contribution in [3.63, 3.8) is 0 Å². The van der Waals surface area contributed by atoms with Crippen LogP contribution in [0, 0.1) is 5.92 Å². The standard InChI is InChI=1S/C21H23ClN2O5S/c1-29-21(26)16-6-8-18(9-7-16)23-20(25)15-10-12-24(13-11-15)30(27,28)14-17-4-2-3-5-19(17)22/h2-9,15H,10-14H2,1H3,(H,23,25). The molecular weight excluding hydrogens is 428 g/mol. The summed E-state index contributed by atoms with van der Waals surface area (Å²) in [7, 11) is -2.20. The summed E-state index contributed by atoms with van der Waals surface area (Å²) in [6, 6.07) is 13.3. The second kappa shape index (κ2) is 9.59. The summed E-state index contributed by atoms with van der Waals surface area (Å²) >= 11 is 6.08. The van der Waals surface area contributed by atoms with Crippen molar-refractivity contribution >= 4 is 39.2 Å². The number of rotatable bonds is 6. The third-order valence-corrected chi connectivity index (χ3v) is 7.28. The van der Waals surface area contributed by atoms with Gasteiger partial charge in [-0.1, -0.05) is 29.8 Å². The van der Waals surface area contributed by atoms with Gasteiger partial charge < -0.3 is 10.1 Å². The van der Waals surface area contributed by atoms with Crippen LogP contribution in [0.25, 0.3) is 0 Å². The van der Waals surface area contributed by atoms with Crippen molar-refractivity contribution in [2.24, 2.45) is 5.92 Å². The molecular formula is C21H23ClN2O5S. The van der Waals surface area contributed by atoms with Crippen LogP contribution in [0.5, 0.6) is 0 Å². The quantitative estimate of drug-likeness (QED) is 0.681. The molecule has 3 rings (SSSR count). The summed E-state index contributed by atoms with van der Waals surface area (Å²) in [5.41, 5.74) is 1.53. The van der Waals surface area contributed by atoms with E-state index in [0.29, 0.717) is 34.7 Å². The Kier molecular flexibility index (Phi) is 7.12. The fraction of sp³-hybridized carbons (Fsp3) is 0.333. The minimum absolute atomic E-state index is 0.157. The second-order valence-corrected chi connectivity index (χ2v) is 9.46. The van der Waals surface area contributed by atoms with Crippen LogP contribution in [0.3, 0.4) is 0 Å². The minimum atomic E-state index is -3.51. The van der Waals surface area contributed by atoms with Crippen LogP contribution in [0.2, 0.25) is 5.02 Å². The first kappa shape index (κ1) is 22.3. The number of anilines is 1. The lowest BCUT2D eigenvalue weighted by atomic mass is 9.97. The molecule has 0 saturated carbocycles. The number of hydrogen-bond donors (Lipinski definition) is 1. The van der Waals surface area contributed by atoms with Gasteiger partial charge in [0.15, 0.2) is 0 Å². The van der Waals surface area contributed by atoms with Gasteiger partial charge in [-0.25, -0.2) is 17.5 Å². The maximum absolute atomic E-state index is 12.7. The van der Waals surface area contributed by atoms with E-state index in [0.717, 1.165) is 0 Å². The molecule has 160 valence electrons. The van der Waals surface area contributed by atoms with Gasteiger partial charge in [-0.05, 0) is 48.7 Å². The molecule has 9 heteroatoms. The van der Waals surface area contributed by atoms with Crippen molar-refractivity contribution in [1.82, 2.24) is 4.31 Å². The molecule has 1 N–H and O–H groups in total. The first-order valence-electron chi connectivity index (χ1n) is 9.50. The van der Waals surface area contributed by atoms with E-state index >= 15 is 0 Å². The number of amides is 1. The molecule has 1 fully saturated rings. The van der Waals surface area contributed by atoms with Crippen LogP contribution in [0.4, 0.5) is 5.69 Å². The monoisotopic (exact) mass is 450 g/mol. The Morgan fingerprint density at radius 2 is 1.73 bits per heavy atom. The van der Waals surface area contributed by atoms with Crippen molar-refractivity contribution in [2.75, 3.05) is 25.5 Å². The molecule has 0 bridgehead atoms. The number of nitrogens with one attached hydrogen (secondary N) is 1. The molecule has 1 aliphatic heterocycles. The van der Waals surface area contributed by atoms with E-state index in [4.69, 9.17) is 11.6 Å². The van der Waals surface area contributed by atoms with Crippen LogP contribution in [-0.2, 0) is 25.3 Å². The lowest BCUT2D eigenvalue weighted by molar-refractivity contribution is -0.120. The third kappa shape index (κ3) is 5.38. The zero-order valence-corrected chi connectivity index (χ0v) is 18.1.